The number of hydrogen-bond acceptors (Lipinski definition) is 3. The smallest absolute Gasteiger partial charge is 0.0719 e. The molecule has 5 rings (SSSR count). The molecule has 0 N–H and O–H groups in total. The van der Waals surface area contributed by atoms with Crippen LogP contribution in [0.25, 0.3) is 33.8 Å². The van der Waals surface area contributed by atoms with Crippen LogP contribution in [0.3, 0.4) is 0 Å². The largest absolute Gasteiger partial charge is 0.305 e. The Morgan fingerprint density at radius 3 is 2.00 bits per heavy atom. The molecule has 33 heavy (non-hydrogen) atoms. The summed E-state index contributed by atoms with van der Waals surface area (Å²) in [6.07, 6.45) is 5.26. The molecule has 0 unspecified atom stereocenters. The fourth-order valence-electron chi connectivity index (χ4n) is 3.17. The summed E-state index contributed by atoms with van der Waals surface area (Å²) < 4.78 is 13.7. The van der Waals surface area contributed by atoms with Gasteiger partial charge in [-0.25, -0.2) is 0 Å². The second kappa shape index (κ2) is 11.9. The number of hydrogen-bond donors (Lipinski definition) is 0. The molecular formula is C28H20FIrN3-2. The molecule has 3 aromatic heterocycles. The predicted octanol–water partition coefficient (Wildman–Crippen LogP) is 6.60. The molecule has 0 amide bonds. The third-order valence-electron chi connectivity index (χ3n) is 4.76. The van der Waals surface area contributed by atoms with Crippen LogP contribution in [0.1, 0.15) is 5.56 Å². The van der Waals surface area contributed by atoms with E-state index >= 15 is 0 Å². The maximum absolute atomic E-state index is 13.7. The van der Waals surface area contributed by atoms with E-state index in [1.165, 1.54) is 6.07 Å². The molecule has 0 aliphatic heterocycles. The zero-order valence-electron chi connectivity index (χ0n) is 17.9. The van der Waals surface area contributed by atoms with Crippen LogP contribution in [0, 0.1) is 24.9 Å². The number of pyridine rings is 3. The molecule has 0 spiro atoms. The average molecular weight is 610 g/mol. The fourth-order valence-corrected chi connectivity index (χ4v) is 3.17. The summed E-state index contributed by atoms with van der Waals surface area (Å²) in [6.45, 7) is 1.97. The first-order valence-electron chi connectivity index (χ1n) is 10.1. The average Bonchev–Trinajstić information content (AvgIpc) is 2.86. The van der Waals surface area contributed by atoms with Crippen LogP contribution in [-0.4, -0.2) is 15.0 Å². The zero-order chi connectivity index (χ0) is 22.2. The molecule has 165 valence electrons. The number of benzene rings is 2. The molecule has 3 heterocycles. The summed E-state index contributed by atoms with van der Waals surface area (Å²) in [4.78, 5) is 12.9. The van der Waals surface area contributed by atoms with E-state index in [1.807, 2.05) is 73.7 Å². The molecule has 0 aliphatic rings. The van der Waals surface area contributed by atoms with E-state index < -0.39 is 0 Å². The number of nitrogens with zero attached hydrogens (tertiary/aromatic N) is 3. The van der Waals surface area contributed by atoms with E-state index in [2.05, 4.69) is 27.1 Å². The van der Waals surface area contributed by atoms with Gasteiger partial charge < -0.3 is 9.97 Å². The Kier molecular flexibility index (Phi) is 8.70. The van der Waals surface area contributed by atoms with Crippen molar-refractivity contribution >= 4 is 0 Å². The van der Waals surface area contributed by atoms with Crippen molar-refractivity contribution in [3.05, 3.63) is 127 Å². The van der Waals surface area contributed by atoms with E-state index in [-0.39, 0.29) is 25.9 Å². The summed E-state index contributed by atoms with van der Waals surface area (Å²) in [5, 5.41) is 0. The van der Waals surface area contributed by atoms with Crippen molar-refractivity contribution in [3.63, 3.8) is 0 Å². The van der Waals surface area contributed by atoms with Crippen molar-refractivity contribution in [2.24, 2.45) is 0 Å². The van der Waals surface area contributed by atoms with E-state index in [9.17, 15) is 4.39 Å². The molecule has 3 nitrogen and oxygen atoms in total. The normalized spacial score (nSPS) is 9.88. The maximum Gasteiger partial charge on any atom is 0.0719 e. The molecule has 0 atom stereocenters. The minimum absolute atomic E-state index is 0. The van der Waals surface area contributed by atoms with Crippen molar-refractivity contribution in [3.8, 4) is 33.8 Å². The zero-order valence-corrected chi connectivity index (χ0v) is 20.3. The van der Waals surface area contributed by atoms with Crippen molar-refractivity contribution in [1.82, 2.24) is 15.0 Å². The van der Waals surface area contributed by atoms with Crippen molar-refractivity contribution in [1.29, 1.82) is 0 Å². The molecule has 0 aliphatic carbocycles. The van der Waals surface area contributed by atoms with Crippen LogP contribution >= 0.6 is 0 Å². The molecule has 0 saturated heterocycles. The van der Waals surface area contributed by atoms with Gasteiger partial charge in [-0.3, -0.25) is 9.37 Å². The summed E-state index contributed by atoms with van der Waals surface area (Å²) in [5.74, 6) is -0.315. The van der Waals surface area contributed by atoms with Crippen LogP contribution in [0.2, 0.25) is 0 Å². The van der Waals surface area contributed by atoms with Crippen LogP contribution in [-0.2, 0) is 20.1 Å². The summed E-state index contributed by atoms with van der Waals surface area (Å²) in [6, 6.07) is 32.0. The third-order valence-corrected chi connectivity index (χ3v) is 4.76. The van der Waals surface area contributed by atoms with Gasteiger partial charge in [-0.05, 0) is 42.1 Å². The van der Waals surface area contributed by atoms with Gasteiger partial charge in [0.15, 0.2) is 0 Å². The molecule has 1 radical (unpaired) electrons. The van der Waals surface area contributed by atoms with Gasteiger partial charge in [-0.2, -0.15) is 0 Å². The van der Waals surface area contributed by atoms with Crippen LogP contribution < -0.4 is 0 Å². The Morgan fingerprint density at radius 1 is 0.697 bits per heavy atom. The number of aromatic nitrogens is 3. The van der Waals surface area contributed by atoms with Gasteiger partial charge in [0.05, 0.1) is 5.69 Å². The maximum atomic E-state index is 13.7. The van der Waals surface area contributed by atoms with Gasteiger partial charge in [-0.1, -0.05) is 29.8 Å². The van der Waals surface area contributed by atoms with Gasteiger partial charge in [0.25, 0.3) is 0 Å². The first-order valence-corrected chi connectivity index (χ1v) is 10.1. The molecule has 0 saturated carbocycles. The SMILES string of the molecule is Cc1cc(-c2[c-]cccc2F)ncc1-c1ccccn1.[Ir].[c-]1ccccc1-c1ccccn1. The van der Waals surface area contributed by atoms with Crippen molar-refractivity contribution in [2.45, 2.75) is 6.92 Å². The van der Waals surface area contributed by atoms with E-state index in [0.29, 0.717) is 11.3 Å². The van der Waals surface area contributed by atoms with Crippen LogP contribution in [0.15, 0.2) is 104 Å². The Balaban J connectivity index is 0.000000202. The molecule has 5 heteroatoms. The van der Waals surface area contributed by atoms with Gasteiger partial charge >= 0.3 is 0 Å². The van der Waals surface area contributed by atoms with Crippen molar-refractivity contribution in [2.75, 3.05) is 0 Å². The summed E-state index contributed by atoms with van der Waals surface area (Å²) >= 11 is 0. The first-order chi connectivity index (χ1) is 15.7. The Bertz CT molecular complexity index is 1240. The van der Waals surface area contributed by atoms with Crippen LogP contribution in [0.5, 0.6) is 0 Å². The monoisotopic (exact) mass is 610 g/mol. The number of rotatable bonds is 3. The minimum atomic E-state index is -0.315. The van der Waals surface area contributed by atoms with Gasteiger partial charge in [0.2, 0.25) is 0 Å². The van der Waals surface area contributed by atoms with E-state index in [0.717, 1.165) is 28.1 Å². The number of aryl methyl sites for hydroxylation is 1. The fraction of sp³-hybridized carbons (Fsp3) is 0.0357. The summed E-state index contributed by atoms with van der Waals surface area (Å²) in [5.41, 5.74) is 5.80. The molecule has 0 bridgehead atoms. The van der Waals surface area contributed by atoms with Crippen molar-refractivity contribution < 1.29 is 24.5 Å². The Morgan fingerprint density at radius 2 is 1.39 bits per heavy atom. The Hall–Kier alpha value is -3.53. The van der Waals surface area contributed by atoms with E-state index in [1.54, 1.807) is 30.7 Å². The van der Waals surface area contributed by atoms with Gasteiger partial charge in [0.1, 0.15) is 0 Å². The molecule has 0 fully saturated rings. The second-order valence-electron chi connectivity index (χ2n) is 6.98. The second-order valence-corrected chi connectivity index (χ2v) is 6.98. The standard InChI is InChI=1S/C17H12FN2.C11H8N.Ir/c1-12-10-17(13-6-2-3-7-15(13)18)20-11-14(12)16-8-4-5-9-19-16;1-2-6-10(7-3-1)11-8-4-5-9-12-11;/h2-5,7-11H,1H3;1-6,8-9H;/q2*-1;. The van der Waals surface area contributed by atoms with Crippen LogP contribution in [0.4, 0.5) is 4.39 Å². The first kappa shape index (κ1) is 24.1. The number of halogens is 1. The quantitative estimate of drug-likeness (QED) is 0.216. The molecule has 2 aromatic carbocycles. The predicted molar refractivity (Wildman–Crippen MR) is 125 cm³/mol. The minimum Gasteiger partial charge on any atom is -0.305 e. The molecule has 5 aromatic rings. The topological polar surface area (TPSA) is 38.7 Å². The molecular weight excluding hydrogens is 590 g/mol. The van der Waals surface area contributed by atoms with E-state index in [4.69, 9.17) is 0 Å². The Labute approximate surface area is 206 Å². The van der Waals surface area contributed by atoms with Gasteiger partial charge in [0, 0.05) is 50.1 Å². The van der Waals surface area contributed by atoms with Gasteiger partial charge in [-0.15, -0.1) is 60.2 Å². The third kappa shape index (κ3) is 6.26. The summed E-state index contributed by atoms with van der Waals surface area (Å²) in [7, 11) is 0.